The van der Waals surface area contributed by atoms with Crippen molar-refractivity contribution < 1.29 is 14.2 Å². The molecular formula is C16H19BrO3. The molecule has 0 aliphatic heterocycles. The van der Waals surface area contributed by atoms with Gasteiger partial charge in [0.2, 0.25) is 0 Å². The van der Waals surface area contributed by atoms with Crippen LogP contribution in [0.4, 0.5) is 0 Å². The molecule has 0 saturated heterocycles. The van der Waals surface area contributed by atoms with E-state index in [2.05, 4.69) is 40.2 Å². The lowest BCUT2D eigenvalue weighted by Crippen LogP contribution is -2.06. The van der Waals surface area contributed by atoms with Crippen molar-refractivity contribution >= 4 is 26.7 Å². The summed E-state index contributed by atoms with van der Waals surface area (Å²) < 4.78 is 17.1. The minimum atomic E-state index is 0.640. The van der Waals surface area contributed by atoms with Gasteiger partial charge in [-0.1, -0.05) is 28.1 Å². The molecular weight excluding hydrogens is 320 g/mol. The van der Waals surface area contributed by atoms with E-state index >= 15 is 0 Å². The van der Waals surface area contributed by atoms with Crippen LogP contribution in [-0.2, 0) is 9.47 Å². The number of hydrogen-bond donors (Lipinski definition) is 0. The molecule has 0 heterocycles. The van der Waals surface area contributed by atoms with Gasteiger partial charge in [-0.15, -0.1) is 0 Å². The van der Waals surface area contributed by atoms with Crippen LogP contribution in [0.2, 0.25) is 0 Å². The van der Waals surface area contributed by atoms with Gasteiger partial charge in [0.25, 0.3) is 0 Å². The van der Waals surface area contributed by atoms with E-state index in [1.807, 2.05) is 12.1 Å². The molecule has 0 aliphatic carbocycles. The topological polar surface area (TPSA) is 27.7 Å². The highest BCUT2D eigenvalue weighted by Crippen LogP contribution is 2.24. The second kappa shape index (κ2) is 8.25. The average molecular weight is 339 g/mol. The zero-order valence-corrected chi connectivity index (χ0v) is 13.2. The van der Waals surface area contributed by atoms with E-state index in [1.54, 1.807) is 7.11 Å². The van der Waals surface area contributed by atoms with E-state index in [0.717, 1.165) is 16.6 Å². The summed E-state index contributed by atoms with van der Waals surface area (Å²) in [5.74, 6) is 0.900. The molecule has 2 aromatic carbocycles. The first kappa shape index (κ1) is 15.3. The molecule has 2 aromatic rings. The molecule has 0 unspecified atom stereocenters. The molecule has 0 saturated carbocycles. The van der Waals surface area contributed by atoms with E-state index < -0.39 is 0 Å². The lowest BCUT2D eigenvalue weighted by atomic mass is 10.1. The van der Waals surface area contributed by atoms with Gasteiger partial charge in [0.15, 0.2) is 0 Å². The van der Waals surface area contributed by atoms with Crippen molar-refractivity contribution in [2.75, 3.05) is 33.5 Å². The fourth-order valence-corrected chi connectivity index (χ4v) is 2.26. The Morgan fingerprint density at radius 2 is 1.70 bits per heavy atom. The largest absolute Gasteiger partial charge is 0.493 e. The van der Waals surface area contributed by atoms with Gasteiger partial charge < -0.3 is 14.2 Å². The van der Waals surface area contributed by atoms with Crippen molar-refractivity contribution in [3.8, 4) is 5.75 Å². The van der Waals surface area contributed by atoms with Crippen LogP contribution in [0, 0.1) is 0 Å². The molecule has 0 radical (unpaired) electrons. The molecule has 0 fully saturated rings. The second-order valence-corrected chi connectivity index (χ2v) is 5.38. The fourth-order valence-electron chi connectivity index (χ4n) is 1.88. The van der Waals surface area contributed by atoms with Gasteiger partial charge in [-0.2, -0.15) is 0 Å². The van der Waals surface area contributed by atoms with E-state index in [4.69, 9.17) is 14.2 Å². The maximum Gasteiger partial charge on any atom is 0.119 e. The summed E-state index contributed by atoms with van der Waals surface area (Å²) in [6.45, 7) is 2.64. The van der Waals surface area contributed by atoms with Crippen molar-refractivity contribution in [2.45, 2.75) is 6.42 Å². The number of benzene rings is 2. The predicted octanol–water partition coefficient (Wildman–Crippen LogP) is 4.03. The van der Waals surface area contributed by atoms with Gasteiger partial charge in [-0.3, -0.25) is 0 Å². The van der Waals surface area contributed by atoms with Crippen molar-refractivity contribution in [3.05, 3.63) is 40.9 Å². The molecule has 0 N–H and O–H groups in total. The van der Waals surface area contributed by atoms with Gasteiger partial charge in [0, 0.05) is 24.6 Å². The third-order valence-corrected chi connectivity index (χ3v) is 3.40. The SMILES string of the molecule is COCCOCCCOc1ccc2cc(Br)ccc2c1. The van der Waals surface area contributed by atoms with E-state index in [9.17, 15) is 0 Å². The molecule has 0 atom stereocenters. The molecule has 3 nitrogen and oxygen atoms in total. The third kappa shape index (κ3) is 4.78. The Hall–Kier alpha value is -1.10. The van der Waals surface area contributed by atoms with E-state index in [1.165, 1.54) is 10.8 Å². The van der Waals surface area contributed by atoms with Crippen molar-refractivity contribution in [1.82, 2.24) is 0 Å². The van der Waals surface area contributed by atoms with E-state index in [-0.39, 0.29) is 0 Å². The zero-order valence-electron chi connectivity index (χ0n) is 11.6. The quantitative estimate of drug-likeness (QED) is 0.680. The number of ether oxygens (including phenoxy) is 3. The molecule has 0 amide bonds. The Labute approximate surface area is 128 Å². The van der Waals surface area contributed by atoms with Gasteiger partial charge in [0.1, 0.15) is 5.75 Å². The number of halogens is 1. The Bertz CT molecular complexity index is 542. The minimum Gasteiger partial charge on any atom is -0.493 e. The molecule has 108 valence electrons. The molecule has 0 spiro atoms. The van der Waals surface area contributed by atoms with Crippen LogP contribution >= 0.6 is 15.9 Å². The van der Waals surface area contributed by atoms with E-state index in [0.29, 0.717) is 26.4 Å². The number of fused-ring (bicyclic) bond motifs is 1. The van der Waals surface area contributed by atoms with Crippen LogP contribution < -0.4 is 4.74 Å². The van der Waals surface area contributed by atoms with Crippen LogP contribution in [0.1, 0.15) is 6.42 Å². The Kier molecular flexibility index (Phi) is 6.30. The van der Waals surface area contributed by atoms with Crippen molar-refractivity contribution in [3.63, 3.8) is 0 Å². The lowest BCUT2D eigenvalue weighted by molar-refractivity contribution is 0.0644. The summed E-state index contributed by atoms with van der Waals surface area (Å²) in [6, 6.07) is 12.4. The summed E-state index contributed by atoms with van der Waals surface area (Å²) in [7, 11) is 1.67. The van der Waals surface area contributed by atoms with Crippen LogP contribution in [0.3, 0.4) is 0 Å². The lowest BCUT2D eigenvalue weighted by Gasteiger charge is -2.08. The first-order valence-corrected chi connectivity index (χ1v) is 7.48. The maximum absolute atomic E-state index is 5.73. The smallest absolute Gasteiger partial charge is 0.119 e. The normalized spacial score (nSPS) is 10.9. The standard InChI is InChI=1S/C16H19BrO3/c1-18-9-10-19-7-2-8-20-16-6-4-13-11-15(17)5-3-14(13)12-16/h3-6,11-12H,2,7-10H2,1H3. The molecule has 0 aromatic heterocycles. The predicted molar refractivity (Wildman–Crippen MR) is 84.5 cm³/mol. The summed E-state index contributed by atoms with van der Waals surface area (Å²) >= 11 is 3.47. The van der Waals surface area contributed by atoms with Crippen LogP contribution in [-0.4, -0.2) is 33.5 Å². The van der Waals surface area contributed by atoms with Crippen molar-refractivity contribution in [2.24, 2.45) is 0 Å². The highest BCUT2D eigenvalue weighted by atomic mass is 79.9. The highest BCUT2D eigenvalue weighted by molar-refractivity contribution is 9.10. The van der Waals surface area contributed by atoms with Gasteiger partial charge in [0.05, 0.1) is 19.8 Å². The second-order valence-electron chi connectivity index (χ2n) is 4.46. The van der Waals surface area contributed by atoms with Crippen molar-refractivity contribution in [1.29, 1.82) is 0 Å². The number of methoxy groups -OCH3 is 1. The van der Waals surface area contributed by atoms with Crippen LogP contribution in [0.5, 0.6) is 5.75 Å². The monoisotopic (exact) mass is 338 g/mol. The molecule has 4 heteroatoms. The first-order chi connectivity index (χ1) is 9.79. The van der Waals surface area contributed by atoms with Gasteiger partial charge >= 0.3 is 0 Å². The maximum atomic E-state index is 5.73. The summed E-state index contributed by atoms with van der Waals surface area (Å²) in [6.07, 6.45) is 0.877. The molecule has 0 aliphatic rings. The fraction of sp³-hybridized carbons (Fsp3) is 0.375. The summed E-state index contributed by atoms with van der Waals surface area (Å²) in [5.41, 5.74) is 0. The number of hydrogen-bond acceptors (Lipinski definition) is 3. The Morgan fingerprint density at radius 3 is 2.55 bits per heavy atom. The summed E-state index contributed by atoms with van der Waals surface area (Å²) in [5, 5.41) is 2.39. The number of rotatable bonds is 8. The molecule has 2 rings (SSSR count). The Morgan fingerprint density at radius 1 is 0.900 bits per heavy atom. The summed E-state index contributed by atoms with van der Waals surface area (Å²) in [4.78, 5) is 0. The third-order valence-electron chi connectivity index (χ3n) is 2.91. The minimum absolute atomic E-state index is 0.640. The molecule has 20 heavy (non-hydrogen) atoms. The zero-order chi connectivity index (χ0) is 14.2. The van der Waals surface area contributed by atoms with Crippen LogP contribution in [0.15, 0.2) is 40.9 Å². The Balaban J connectivity index is 1.77. The molecule has 0 bridgehead atoms. The average Bonchev–Trinajstić information content (AvgIpc) is 2.46. The van der Waals surface area contributed by atoms with Gasteiger partial charge in [-0.25, -0.2) is 0 Å². The highest BCUT2D eigenvalue weighted by Gasteiger charge is 1.99. The van der Waals surface area contributed by atoms with Gasteiger partial charge in [-0.05, 0) is 35.0 Å². The van der Waals surface area contributed by atoms with Crippen LogP contribution in [0.25, 0.3) is 10.8 Å². The first-order valence-electron chi connectivity index (χ1n) is 6.68.